The van der Waals surface area contributed by atoms with Gasteiger partial charge in [-0.05, 0) is 82.0 Å². The average Bonchev–Trinajstić information content (AvgIpc) is 2.73. The Balaban J connectivity index is 1.25. The summed E-state index contributed by atoms with van der Waals surface area (Å²) in [6.07, 6.45) is 4.37. The number of anilines is 1. The van der Waals surface area contributed by atoms with E-state index < -0.39 is 0 Å². The van der Waals surface area contributed by atoms with E-state index in [2.05, 4.69) is 33.8 Å². The van der Waals surface area contributed by atoms with Crippen molar-refractivity contribution >= 4 is 5.82 Å². The Morgan fingerprint density at radius 1 is 0.966 bits per heavy atom. The zero-order chi connectivity index (χ0) is 20.2. The minimum atomic E-state index is -0.237. The lowest BCUT2D eigenvalue weighted by Crippen LogP contribution is -2.46. The number of halogens is 1. The Labute approximate surface area is 172 Å². The molecule has 2 unspecified atom stereocenters. The first-order chi connectivity index (χ1) is 14.1. The molecule has 6 heteroatoms. The molecular weight excluding hydrogens is 367 g/mol. The molecule has 0 aliphatic carbocycles. The number of benzene rings is 1. The van der Waals surface area contributed by atoms with Crippen molar-refractivity contribution in [3.05, 3.63) is 42.2 Å². The lowest BCUT2D eigenvalue weighted by atomic mass is 9.93. The maximum absolute atomic E-state index is 13.1. The summed E-state index contributed by atoms with van der Waals surface area (Å²) < 4.78 is 18.9. The first kappa shape index (κ1) is 20.2. The molecule has 0 bridgehead atoms. The number of hydrogen-bond acceptors (Lipinski definition) is 5. The number of morpholine rings is 1. The minimum absolute atomic E-state index is 0.237. The zero-order valence-electron chi connectivity index (χ0n) is 17.4. The van der Waals surface area contributed by atoms with E-state index in [-0.39, 0.29) is 5.82 Å². The Hall–Kier alpha value is -2.05. The second kappa shape index (κ2) is 9.18. The summed E-state index contributed by atoms with van der Waals surface area (Å²) >= 11 is 0. The second-order valence-electron chi connectivity index (χ2n) is 8.52. The summed E-state index contributed by atoms with van der Waals surface area (Å²) in [4.78, 5) is 4.89. The third kappa shape index (κ3) is 5.31. The maximum atomic E-state index is 13.1. The van der Waals surface area contributed by atoms with Gasteiger partial charge in [0.2, 0.25) is 0 Å². The summed E-state index contributed by atoms with van der Waals surface area (Å²) in [7, 11) is 0. The van der Waals surface area contributed by atoms with Gasteiger partial charge in [-0.3, -0.25) is 4.90 Å². The molecular formula is C23H31FN4O. The molecule has 156 valence electrons. The third-order valence-corrected chi connectivity index (χ3v) is 6.08. The fourth-order valence-corrected chi connectivity index (χ4v) is 4.55. The van der Waals surface area contributed by atoms with E-state index in [9.17, 15) is 4.39 Å². The Bertz CT molecular complexity index is 764. The first-order valence-corrected chi connectivity index (χ1v) is 10.8. The van der Waals surface area contributed by atoms with Crippen LogP contribution in [0.2, 0.25) is 0 Å². The summed E-state index contributed by atoms with van der Waals surface area (Å²) in [6, 6.07) is 10.4. The van der Waals surface area contributed by atoms with Crippen LogP contribution in [0.1, 0.15) is 33.1 Å². The molecule has 0 amide bonds. The molecule has 0 saturated carbocycles. The summed E-state index contributed by atoms with van der Waals surface area (Å²) in [5.74, 6) is 1.48. The molecule has 2 saturated heterocycles. The average molecular weight is 399 g/mol. The van der Waals surface area contributed by atoms with Crippen molar-refractivity contribution in [1.29, 1.82) is 0 Å². The largest absolute Gasteiger partial charge is 0.373 e. The predicted octanol–water partition coefficient (Wildman–Crippen LogP) is 4.00. The highest BCUT2D eigenvalue weighted by Gasteiger charge is 2.25. The molecule has 2 fully saturated rings. The summed E-state index contributed by atoms with van der Waals surface area (Å²) in [5, 5.41) is 8.77. The van der Waals surface area contributed by atoms with E-state index in [1.807, 2.05) is 12.1 Å². The van der Waals surface area contributed by atoms with Gasteiger partial charge in [-0.25, -0.2) is 4.39 Å². The molecule has 2 aliphatic heterocycles. The van der Waals surface area contributed by atoms with E-state index in [0.717, 1.165) is 49.2 Å². The standard InChI is InChI=1S/C23H31FN4O/c1-17-15-27(16-18(2)29-17)12-9-19-10-13-28(14-11-19)23-8-7-22(25-26-23)20-3-5-21(24)6-4-20/h3-8,17-19H,9-16H2,1-2H3. The van der Waals surface area contributed by atoms with Crippen LogP contribution in [-0.4, -0.2) is 60.0 Å². The molecule has 0 spiro atoms. The van der Waals surface area contributed by atoms with Crippen molar-refractivity contribution in [2.75, 3.05) is 37.6 Å². The van der Waals surface area contributed by atoms with Crippen LogP contribution in [0.25, 0.3) is 11.3 Å². The predicted molar refractivity (Wildman–Crippen MR) is 113 cm³/mol. The fraction of sp³-hybridized carbons (Fsp3) is 0.565. The van der Waals surface area contributed by atoms with Crippen molar-refractivity contribution in [2.24, 2.45) is 5.92 Å². The Morgan fingerprint density at radius 3 is 2.28 bits per heavy atom. The smallest absolute Gasteiger partial charge is 0.151 e. The highest BCUT2D eigenvalue weighted by molar-refractivity contribution is 5.59. The van der Waals surface area contributed by atoms with Crippen molar-refractivity contribution in [1.82, 2.24) is 15.1 Å². The number of ether oxygens (including phenoxy) is 1. The van der Waals surface area contributed by atoms with Gasteiger partial charge in [-0.2, -0.15) is 0 Å². The molecule has 3 heterocycles. The molecule has 4 rings (SSSR count). The van der Waals surface area contributed by atoms with Crippen LogP contribution >= 0.6 is 0 Å². The monoisotopic (exact) mass is 398 g/mol. The summed E-state index contributed by atoms with van der Waals surface area (Å²) in [5.41, 5.74) is 1.66. The molecule has 1 aromatic heterocycles. The van der Waals surface area contributed by atoms with Crippen LogP contribution in [0.4, 0.5) is 10.2 Å². The van der Waals surface area contributed by atoms with E-state index >= 15 is 0 Å². The van der Waals surface area contributed by atoms with Gasteiger partial charge in [0.15, 0.2) is 5.82 Å². The summed E-state index contributed by atoms with van der Waals surface area (Å²) in [6.45, 7) is 9.69. The maximum Gasteiger partial charge on any atom is 0.151 e. The van der Waals surface area contributed by atoms with Gasteiger partial charge in [0.25, 0.3) is 0 Å². The Morgan fingerprint density at radius 2 is 1.66 bits per heavy atom. The normalized spacial score (nSPS) is 24.0. The molecule has 2 atom stereocenters. The first-order valence-electron chi connectivity index (χ1n) is 10.8. The van der Waals surface area contributed by atoms with Gasteiger partial charge >= 0.3 is 0 Å². The molecule has 5 nitrogen and oxygen atoms in total. The van der Waals surface area contributed by atoms with Crippen LogP contribution in [0.5, 0.6) is 0 Å². The zero-order valence-corrected chi connectivity index (χ0v) is 17.4. The molecule has 0 N–H and O–H groups in total. The van der Waals surface area contributed by atoms with Crippen LogP contribution in [0.3, 0.4) is 0 Å². The van der Waals surface area contributed by atoms with Gasteiger partial charge in [0, 0.05) is 31.7 Å². The molecule has 1 aromatic carbocycles. The topological polar surface area (TPSA) is 41.5 Å². The van der Waals surface area contributed by atoms with Gasteiger partial charge in [-0.15, -0.1) is 10.2 Å². The molecule has 29 heavy (non-hydrogen) atoms. The molecule has 2 aliphatic rings. The molecule has 0 radical (unpaired) electrons. The van der Waals surface area contributed by atoms with E-state index in [1.165, 1.54) is 37.9 Å². The van der Waals surface area contributed by atoms with Crippen molar-refractivity contribution in [3.63, 3.8) is 0 Å². The molecule has 2 aromatic rings. The lowest BCUT2D eigenvalue weighted by Gasteiger charge is -2.37. The van der Waals surface area contributed by atoms with Crippen LogP contribution in [-0.2, 0) is 4.74 Å². The number of nitrogens with zero attached hydrogens (tertiary/aromatic N) is 4. The van der Waals surface area contributed by atoms with Crippen LogP contribution in [0.15, 0.2) is 36.4 Å². The van der Waals surface area contributed by atoms with Crippen molar-refractivity contribution in [3.8, 4) is 11.3 Å². The van der Waals surface area contributed by atoms with Crippen LogP contribution < -0.4 is 4.90 Å². The van der Waals surface area contributed by atoms with Gasteiger partial charge in [0.1, 0.15) is 5.82 Å². The van der Waals surface area contributed by atoms with Gasteiger partial charge in [0.05, 0.1) is 17.9 Å². The van der Waals surface area contributed by atoms with E-state index in [0.29, 0.717) is 12.2 Å². The van der Waals surface area contributed by atoms with Crippen LogP contribution in [0, 0.1) is 11.7 Å². The number of rotatable bonds is 5. The van der Waals surface area contributed by atoms with Gasteiger partial charge in [-0.1, -0.05) is 0 Å². The fourth-order valence-electron chi connectivity index (χ4n) is 4.55. The number of piperidine rings is 1. The lowest BCUT2D eigenvalue weighted by molar-refractivity contribution is -0.0690. The number of hydrogen-bond donors (Lipinski definition) is 0. The second-order valence-corrected chi connectivity index (χ2v) is 8.52. The number of aromatic nitrogens is 2. The highest BCUT2D eigenvalue weighted by Crippen LogP contribution is 2.26. The van der Waals surface area contributed by atoms with E-state index in [4.69, 9.17) is 4.74 Å². The van der Waals surface area contributed by atoms with Crippen molar-refractivity contribution in [2.45, 2.75) is 45.3 Å². The Kier molecular flexibility index (Phi) is 6.40. The SMILES string of the molecule is CC1CN(CCC2CCN(c3ccc(-c4ccc(F)cc4)nn3)CC2)CC(C)O1. The van der Waals surface area contributed by atoms with Gasteiger partial charge < -0.3 is 9.64 Å². The third-order valence-electron chi connectivity index (χ3n) is 6.08. The highest BCUT2D eigenvalue weighted by atomic mass is 19.1. The minimum Gasteiger partial charge on any atom is -0.373 e. The van der Waals surface area contributed by atoms with Crippen molar-refractivity contribution < 1.29 is 9.13 Å². The van der Waals surface area contributed by atoms with E-state index in [1.54, 1.807) is 12.1 Å². The quantitative estimate of drug-likeness (QED) is 0.762.